The number of carbonyl (C=O) groups is 1. The third-order valence-corrected chi connectivity index (χ3v) is 4.36. The second kappa shape index (κ2) is 6.79. The maximum Gasteiger partial charge on any atom is 0.257 e. The predicted octanol–water partition coefficient (Wildman–Crippen LogP) is 3.70. The van der Waals surface area contributed by atoms with Gasteiger partial charge in [0.15, 0.2) is 5.60 Å². The predicted molar refractivity (Wildman–Crippen MR) is 97.3 cm³/mol. The van der Waals surface area contributed by atoms with Gasteiger partial charge in [0.25, 0.3) is 5.91 Å². The molecule has 132 valence electrons. The molecule has 3 rings (SSSR count). The molecule has 0 aliphatic carbocycles. The number of aromatic nitrogens is 1. The number of hydrogen-bond acceptors (Lipinski definition) is 3. The Balaban J connectivity index is 1.80. The van der Waals surface area contributed by atoms with Crippen molar-refractivity contribution in [2.45, 2.75) is 19.1 Å². The summed E-state index contributed by atoms with van der Waals surface area (Å²) in [5.74, 6) is -1.04. The van der Waals surface area contributed by atoms with Gasteiger partial charge in [0.2, 0.25) is 0 Å². The number of nitrogens with one attached hydrogen (secondary N) is 1. The van der Waals surface area contributed by atoms with Crippen LogP contribution in [0.2, 0.25) is 5.02 Å². The number of amides is 1. The number of fused-ring (bicyclic) bond motifs is 1. The number of nitriles is 1. The zero-order chi connectivity index (χ0) is 18.9. The number of carbonyl (C=O) groups excluding carboxylic acids is 1. The summed E-state index contributed by atoms with van der Waals surface area (Å²) in [7, 11) is 0. The van der Waals surface area contributed by atoms with Crippen molar-refractivity contribution in [2.75, 3.05) is 5.32 Å². The summed E-state index contributed by atoms with van der Waals surface area (Å²) in [6.45, 7) is 1.31. The first-order valence-corrected chi connectivity index (χ1v) is 8.16. The van der Waals surface area contributed by atoms with E-state index >= 15 is 0 Å². The highest BCUT2D eigenvalue weighted by Crippen LogP contribution is 2.23. The van der Waals surface area contributed by atoms with Crippen molar-refractivity contribution in [3.8, 4) is 6.07 Å². The number of benzene rings is 2. The molecule has 3 aromatic rings. The Morgan fingerprint density at radius 2 is 2.12 bits per heavy atom. The first kappa shape index (κ1) is 17.9. The normalized spacial score (nSPS) is 13.2. The smallest absolute Gasteiger partial charge is 0.257 e. The summed E-state index contributed by atoms with van der Waals surface area (Å²) in [6.07, 6.45) is 1.68. The molecule has 0 spiro atoms. The molecule has 0 saturated heterocycles. The van der Waals surface area contributed by atoms with Gasteiger partial charge < -0.3 is 15.0 Å². The molecule has 0 bridgehead atoms. The van der Waals surface area contributed by atoms with E-state index in [-0.39, 0.29) is 17.1 Å². The minimum Gasteiger partial charge on any atom is -0.378 e. The standard InChI is InChI=1S/C19H15ClFN3O2/c1-19(26,11-24-7-6-12-2-4-14(21)8-17(12)24)18(25)23-15-5-3-13(10-22)16(20)9-15/h2-9,26H,11H2,1H3,(H,23,25). The summed E-state index contributed by atoms with van der Waals surface area (Å²) < 4.78 is 15.1. The highest BCUT2D eigenvalue weighted by atomic mass is 35.5. The average molecular weight is 372 g/mol. The molecule has 1 heterocycles. The van der Waals surface area contributed by atoms with Gasteiger partial charge in [-0.2, -0.15) is 5.26 Å². The summed E-state index contributed by atoms with van der Waals surface area (Å²) in [5, 5.41) is 23.1. The number of anilines is 1. The van der Waals surface area contributed by atoms with E-state index in [0.717, 1.165) is 5.39 Å². The second-order valence-corrected chi connectivity index (χ2v) is 6.59. The lowest BCUT2D eigenvalue weighted by Crippen LogP contribution is -2.43. The molecule has 0 aliphatic rings. The Morgan fingerprint density at radius 3 is 2.81 bits per heavy atom. The monoisotopic (exact) mass is 371 g/mol. The average Bonchev–Trinajstić information content (AvgIpc) is 2.96. The molecule has 1 unspecified atom stereocenters. The fourth-order valence-electron chi connectivity index (χ4n) is 2.65. The third-order valence-electron chi connectivity index (χ3n) is 4.05. The lowest BCUT2D eigenvalue weighted by Gasteiger charge is -2.23. The van der Waals surface area contributed by atoms with Crippen LogP contribution in [0.1, 0.15) is 12.5 Å². The number of halogens is 2. The summed E-state index contributed by atoms with van der Waals surface area (Å²) in [4.78, 5) is 12.5. The largest absolute Gasteiger partial charge is 0.378 e. The van der Waals surface area contributed by atoms with Gasteiger partial charge in [0, 0.05) is 11.9 Å². The van der Waals surface area contributed by atoms with E-state index < -0.39 is 17.3 Å². The summed E-state index contributed by atoms with van der Waals surface area (Å²) in [5.41, 5.74) is -0.516. The number of rotatable bonds is 4. The summed E-state index contributed by atoms with van der Waals surface area (Å²) in [6, 6.07) is 12.5. The van der Waals surface area contributed by atoms with Crippen LogP contribution < -0.4 is 5.32 Å². The molecule has 1 amide bonds. The molecule has 26 heavy (non-hydrogen) atoms. The van der Waals surface area contributed by atoms with Crippen LogP contribution in [0.5, 0.6) is 0 Å². The van der Waals surface area contributed by atoms with Crippen LogP contribution in [0.4, 0.5) is 10.1 Å². The highest BCUT2D eigenvalue weighted by Gasteiger charge is 2.31. The molecule has 0 aliphatic heterocycles. The van der Waals surface area contributed by atoms with Gasteiger partial charge in [-0.1, -0.05) is 11.6 Å². The minimum absolute atomic E-state index is 0.0597. The Labute approximate surface area is 154 Å². The Kier molecular flexibility index (Phi) is 4.68. The van der Waals surface area contributed by atoms with Gasteiger partial charge in [-0.15, -0.1) is 0 Å². The van der Waals surface area contributed by atoms with Gasteiger partial charge in [0.1, 0.15) is 11.9 Å². The molecule has 1 atom stereocenters. The quantitative estimate of drug-likeness (QED) is 0.734. The van der Waals surface area contributed by atoms with E-state index in [1.807, 2.05) is 6.07 Å². The zero-order valence-electron chi connectivity index (χ0n) is 13.8. The van der Waals surface area contributed by atoms with E-state index in [2.05, 4.69) is 5.32 Å². The molecule has 0 fully saturated rings. The minimum atomic E-state index is -1.75. The SMILES string of the molecule is CC(O)(Cn1ccc2ccc(F)cc21)C(=O)Nc1ccc(C#N)c(Cl)c1. The van der Waals surface area contributed by atoms with Crippen molar-refractivity contribution in [1.29, 1.82) is 5.26 Å². The van der Waals surface area contributed by atoms with E-state index in [0.29, 0.717) is 11.2 Å². The Hall–Kier alpha value is -2.88. The molecule has 0 radical (unpaired) electrons. The van der Waals surface area contributed by atoms with Gasteiger partial charge in [-0.3, -0.25) is 4.79 Å². The van der Waals surface area contributed by atoms with Crippen LogP contribution in [-0.2, 0) is 11.3 Å². The third kappa shape index (κ3) is 3.54. The fourth-order valence-corrected chi connectivity index (χ4v) is 2.87. The van der Waals surface area contributed by atoms with Crippen LogP contribution in [-0.4, -0.2) is 21.2 Å². The van der Waals surface area contributed by atoms with Crippen molar-refractivity contribution >= 4 is 34.1 Å². The van der Waals surface area contributed by atoms with E-state index in [9.17, 15) is 14.3 Å². The van der Waals surface area contributed by atoms with E-state index in [1.165, 1.54) is 37.3 Å². The lowest BCUT2D eigenvalue weighted by atomic mass is 10.1. The number of hydrogen-bond donors (Lipinski definition) is 2. The van der Waals surface area contributed by atoms with Crippen LogP contribution in [0.3, 0.4) is 0 Å². The van der Waals surface area contributed by atoms with Crippen LogP contribution in [0.25, 0.3) is 10.9 Å². The van der Waals surface area contributed by atoms with Gasteiger partial charge >= 0.3 is 0 Å². The Bertz CT molecular complexity index is 1040. The molecule has 0 saturated carbocycles. The van der Waals surface area contributed by atoms with Gasteiger partial charge in [-0.05, 0) is 54.8 Å². The number of aliphatic hydroxyl groups is 1. The van der Waals surface area contributed by atoms with Crippen molar-refractivity contribution in [1.82, 2.24) is 4.57 Å². The zero-order valence-corrected chi connectivity index (χ0v) is 14.6. The van der Waals surface area contributed by atoms with Gasteiger partial charge in [0.05, 0.1) is 22.6 Å². The van der Waals surface area contributed by atoms with Crippen LogP contribution in [0.15, 0.2) is 48.7 Å². The molecule has 5 nitrogen and oxygen atoms in total. The summed E-state index contributed by atoms with van der Waals surface area (Å²) >= 11 is 5.95. The highest BCUT2D eigenvalue weighted by molar-refractivity contribution is 6.32. The molecule has 7 heteroatoms. The van der Waals surface area contributed by atoms with Crippen molar-refractivity contribution in [3.63, 3.8) is 0 Å². The van der Waals surface area contributed by atoms with Crippen LogP contribution in [0, 0.1) is 17.1 Å². The van der Waals surface area contributed by atoms with Gasteiger partial charge in [-0.25, -0.2) is 4.39 Å². The van der Waals surface area contributed by atoms with Crippen molar-refractivity contribution < 1.29 is 14.3 Å². The lowest BCUT2D eigenvalue weighted by molar-refractivity contribution is -0.133. The first-order chi connectivity index (χ1) is 12.3. The fraction of sp³-hybridized carbons (Fsp3) is 0.158. The van der Waals surface area contributed by atoms with E-state index in [4.69, 9.17) is 16.9 Å². The molecule has 2 N–H and O–H groups in total. The Morgan fingerprint density at radius 1 is 1.35 bits per heavy atom. The maximum atomic E-state index is 13.5. The topological polar surface area (TPSA) is 78.1 Å². The second-order valence-electron chi connectivity index (χ2n) is 6.18. The molecular formula is C19H15ClFN3O2. The molecule has 1 aromatic heterocycles. The van der Waals surface area contributed by atoms with Crippen LogP contribution >= 0.6 is 11.6 Å². The first-order valence-electron chi connectivity index (χ1n) is 7.78. The molecular weight excluding hydrogens is 357 g/mol. The van der Waals surface area contributed by atoms with Crippen molar-refractivity contribution in [3.05, 3.63) is 65.1 Å². The molecule has 2 aromatic carbocycles. The maximum absolute atomic E-state index is 13.5. The number of nitrogens with zero attached hydrogens (tertiary/aromatic N) is 2. The van der Waals surface area contributed by atoms with E-state index in [1.54, 1.807) is 22.9 Å². The van der Waals surface area contributed by atoms with Crippen molar-refractivity contribution in [2.24, 2.45) is 0 Å².